The Hall–Kier alpha value is -2.33. The number of nitrogens with one attached hydrogen (secondary N) is 1. The maximum absolute atomic E-state index is 12.9. The van der Waals surface area contributed by atoms with Crippen molar-refractivity contribution in [1.29, 1.82) is 0 Å². The molecule has 2 heterocycles. The fraction of sp³-hybridized carbons (Fsp3) is 0.692. The van der Waals surface area contributed by atoms with Gasteiger partial charge in [-0.15, -0.1) is 0 Å². The molecule has 0 unspecified atom stereocenters. The summed E-state index contributed by atoms with van der Waals surface area (Å²) in [5.74, 6) is -0.254. The predicted octanol–water partition coefficient (Wildman–Crippen LogP) is 2.23. The van der Waals surface area contributed by atoms with E-state index in [2.05, 4.69) is 10.4 Å². The van der Waals surface area contributed by atoms with Crippen LogP contribution in [0.15, 0.2) is 12.3 Å². The van der Waals surface area contributed by atoms with Crippen molar-refractivity contribution in [3.63, 3.8) is 0 Å². The fourth-order valence-electron chi connectivity index (χ4n) is 2.85. The number of hydrogen-bond acceptors (Lipinski definition) is 4. The molecule has 3 rings (SSSR count). The lowest BCUT2D eigenvalue weighted by Crippen LogP contribution is -2.54. The molecule has 2 aliphatic rings. The maximum atomic E-state index is 12.9. The highest BCUT2D eigenvalue weighted by Gasteiger charge is 2.64. The number of alkyl halides is 3. The SMILES string of the molecule is O=C(NC1(C(F)(F)F)CC1)N1CCC(n2ccc([N+](=O)[O-])n2)CC1. The molecule has 1 aliphatic heterocycles. The third-order valence-electron chi connectivity index (χ3n) is 4.55. The molecule has 1 aliphatic carbocycles. The van der Waals surface area contributed by atoms with Crippen molar-refractivity contribution in [2.45, 2.75) is 43.4 Å². The molecule has 0 bridgehead atoms. The van der Waals surface area contributed by atoms with Crippen molar-refractivity contribution in [3.05, 3.63) is 22.4 Å². The summed E-state index contributed by atoms with van der Waals surface area (Å²) in [6.07, 6.45) is -2.15. The van der Waals surface area contributed by atoms with Gasteiger partial charge in [-0.3, -0.25) is 0 Å². The Balaban J connectivity index is 1.55. The van der Waals surface area contributed by atoms with Gasteiger partial charge in [0.15, 0.2) is 0 Å². The van der Waals surface area contributed by atoms with Gasteiger partial charge in [0.2, 0.25) is 0 Å². The standard InChI is InChI=1S/C13H16F3N5O3/c14-13(15,16)12(4-5-12)17-11(22)19-6-1-9(2-7-19)20-8-3-10(18-20)21(23)24/h3,8-9H,1-2,4-7H2,(H,17,22). The normalized spacial score (nSPS) is 20.7. The Morgan fingerprint density at radius 2 is 2.00 bits per heavy atom. The molecular weight excluding hydrogens is 331 g/mol. The maximum Gasteiger partial charge on any atom is 0.411 e. The average molecular weight is 347 g/mol. The van der Waals surface area contributed by atoms with Crippen molar-refractivity contribution in [1.82, 2.24) is 20.0 Å². The first-order valence-corrected chi connectivity index (χ1v) is 7.55. The lowest BCUT2D eigenvalue weighted by atomic mass is 10.1. The Kier molecular flexibility index (Phi) is 3.88. The molecule has 24 heavy (non-hydrogen) atoms. The molecule has 132 valence electrons. The second-order valence-electron chi connectivity index (χ2n) is 6.14. The molecular formula is C13H16F3N5O3. The number of aromatic nitrogens is 2. The summed E-state index contributed by atoms with van der Waals surface area (Å²) in [6.45, 7) is 0.552. The first-order chi connectivity index (χ1) is 11.2. The fourth-order valence-corrected chi connectivity index (χ4v) is 2.85. The number of urea groups is 1. The number of likely N-dealkylation sites (tertiary alicyclic amines) is 1. The number of halogens is 3. The molecule has 2 amide bonds. The van der Waals surface area contributed by atoms with E-state index in [1.54, 1.807) is 0 Å². The van der Waals surface area contributed by atoms with E-state index in [1.165, 1.54) is 21.8 Å². The van der Waals surface area contributed by atoms with Gasteiger partial charge in [-0.25, -0.2) is 4.79 Å². The smallest absolute Gasteiger partial charge is 0.358 e. The summed E-state index contributed by atoms with van der Waals surface area (Å²) >= 11 is 0. The van der Waals surface area contributed by atoms with Crippen molar-refractivity contribution in [3.8, 4) is 0 Å². The third-order valence-corrected chi connectivity index (χ3v) is 4.55. The van der Waals surface area contributed by atoms with E-state index in [1.807, 2.05) is 0 Å². The minimum atomic E-state index is -4.44. The quantitative estimate of drug-likeness (QED) is 0.670. The van der Waals surface area contributed by atoms with E-state index in [0.717, 1.165) is 0 Å². The lowest BCUT2D eigenvalue weighted by molar-refractivity contribution is -0.389. The van der Waals surface area contributed by atoms with Gasteiger partial charge in [-0.2, -0.15) is 17.9 Å². The van der Waals surface area contributed by atoms with E-state index < -0.39 is 22.7 Å². The first kappa shape index (κ1) is 16.5. The van der Waals surface area contributed by atoms with Crippen molar-refractivity contribution >= 4 is 11.8 Å². The number of amides is 2. The van der Waals surface area contributed by atoms with E-state index in [9.17, 15) is 28.1 Å². The lowest BCUT2D eigenvalue weighted by Gasteiger charge is -2.32. The van der Waals surface area contributed by atoms with Crippen LogP contribution in [0.2, 0.25) is 0 Å². The molecule has 0 atom stereocenters. The number of hydrogen-bond donors (Lipinski definition) is 1. The summed E-state index contributed by atoms with van der Waals surface area (Å²) in [5, 5.41) is 16.6. The minimum Gasteiger partial charge on any atom is -0.358 e. The Labute approximate surface area is 134 Å². The first-order valence-electron chi connectivity index (χ1n) is 7.55. The van der Waals surface area contributed by atoms with Gasteiger partial charge in [0.05, 0.1) is 23.4 Å². The van der Waals surface area contributed by atoms with Crippen LogP contribution in [0.3, 0.4) is 0 Å². The highest BCUT2D eigenvalue weighted by Crippen LogP contribution is 2.49. The summed E-state index contributed by atoms with van der Waals surface area (Å²) < 4.78 is 40.1. The zero-order chi connectivity index (χ0) is 17.5. The molecule has 0 spiro atoms. The average Bonchev–Trinajstić information content (AvgIpc) is 3.13. The summed E-state index contributed by atoms with van der Waals surface area (Å²) in [4.78, 5) is 23.4. The van der Waals surface area contributed by atoms with E-state index in [-0.39, 0.29) is 37.8 Å². The number of carbonyl (C=O) groups is 1. The monoisotopic (exact) mass is 347 g/mol. The molecule has 2 fully saturated rings. The van der Waals surface area contributed by atoms with E-state index >= 15 is 0 Å². The van der Waals surface area contributed by atoms with Crippen molar-refractivity contribution in [2.75, 3.05) is 13.1 Å². The van der Waals surface area contributed by atoms with Gasteiger partial charge in [-0.1, -0.05) is 0 Å². The van der Waals surface area contributed by atoms with Gasteiger partial charge in [0, 0.05) is 13.1 Å². The molecule has 1 aromatic heterocycles. The molecule has 11 heteroatoms. The van der Waals surface area contributed by atoms with Crippen LogP contribution in [-0.2, 0) is 0 Å². The number of nitrogens with zero attached hydrogens (tertiary/aromatic N) is 4. The van der Waals surface area contributed by atoms with E-state index in [0.29, 0.717) is 12.8 Å². The third kappa shape index (κ3) is 3.02. The van der Waals surface area contributed by atoms with Crippen LogP contribution in [0.25, 0.3) is 0 Å². The second-order valence-corrected chi connectivity index (χ2v) is 6.14. The zero-order valence-corrected chi connectivity index (χ0v) is 12.6. The van der Waals surface area contributed by atoms with Crippen LogP contribution in [0.1, 0.15) is 31.7 Å². The highest BCUT2D eigenvalue weighted by atomic mass is 19.4. The van der Waals surface area contributed by atoms with Gasteiger partial charge >= 0.3 is 18.0 Å². The molecule has 8 nitrogen and oxygen atoms in total. The summed E-state index contributed by atoms with van der Waals surface area (Å²) in [6, 6.07) is 0.467. The molecule has 1 aromatic rings. The van der Waals surface area contributed by atoms with Crippen LogP contribution in [0, 0.1) is 10.1 Å². The van der Waals surface area contributed by atoms with Crippen LogP contribution in [-0.4, -0.2) is 50.4 Å². The highest BCUT2D eigenvalue weighted by molar-refractivity contribution is 5.76. The van der Waals surface area contributed by atoms with E-state index in [4.69, 9.17) is 0 Å². The Morgan fingerprint density at radius 3 is 2.46 bits per heavy atom. The van der Waals surface area contributed by atoms with Gasteiger partial charge < -0.3 is 20.3 Å². The molecule has 1 saturated carbocycles. The number of piperidine rings is 1. The molecule has 1 N–H and O–H groups in total. The largest absolute Gasteiger partial charge is 0.411 e. The summed E-state index contributed by atoms with van der Waals surface area (Å²) in [5.41, 5.74) is -2.07. The van der Waals surface area contributed by atoms with Crippen LogP contribution < -0.4 is 5.32 Å². The Morgan fingerprint density at radius 1 is 1.38 bits per heavy atom. The van der Waals surface area contributed by atoms with Gasteiger partial charge in [-0.05, 0) is 30.6 Å². The summed E-state index contributed by atoms with van der Waals surface area (Å²) in [7, 11) is 0. The minimum absolute atomic E-state index is 0.0876. The molecule has 1 saturated heterocycles. The van der Waals surface area contributed by atoms with Gasteiger partial charge in [0.25, 0.3) is 0 Å². The van der Waals surface area contributed by atoms with Crippen molar-refractivity contribution < 1.29 is 22.9 Å². The topological polar surface area (TPSA) is 93.3 Å². The van der Waals surface area contributed by atoms with Crippen LogP contribution in [0.4, 0.5) is 23.8 Å². The Bertz CT molecular complexity index is 648. The second kappa shape index (κ2) is 5.64. The van der Waals surface area contributed by atoms with Crippen molar-refractivity contribution in [2.24, 2.45) is 0 Å². The zero-order valence-electron chi connectivity index (χ0n) is 12.6. The van der Waals surface area contributed by atoms with Gasteiger partial charge in [0.1, 0.15) is 5.54 Å². The number of nitro groups is 1. The molecule has 0 radical (unpaired) electrons. The van der Waals surface area contributed by atoms with Crippen LogP contribution in [0.5, 0.6) is 0 Å². The number of carbonyl (C=O) groups excluding carboxylic acids is 1. The predicted molar refractivity (Wildman–Crippen MR) is 75.3 cm³/mol. The molecule has 0 aromatic carbocycles. The number of rotatable bonds is 3. The van der Waals surface area contributed by atoms with Crippen LogP contribution >= 0.6 is 0 Å².